The van der Waals surface area contributed by atoms with Gasteiger partial charge in [0.15, 0.2) is 0 Å². The van der Waals surface area contributed by atoms with Crippen LogP contribution in [0.5, 0.6) is 23.0 Å². The minimum absolute atomic E-state index is 0.151. The molecule has 4 aromatic carbocycles. The Bertz CT molecular complexity index is 1390. The molecule has 0 spiro atoms. The zero-order valence-electron chi connectivity index (χ0n) is 22.5. The van der Waals surface area contributed by atoms with Crippen molar-refractivity contribution in [3.63, 3.8) is 0 Å². The molecule has 6 rings (SSSR count). The van der Waals surface area contributed by atoms with Crippen molar-refractivity contribution in [1.82, 2.24) is 0 Å². The first-order chi connectivity index (χ1) is 19.2. The molecular formula is C33H36O6. The second-order valence-electron chi connectivity index (χ2n) is 10.5. The number of rotatable bonds is 15. The Morgan fingerprint density at radius 3 is 1.64 bits per heavy atom. The molecule has 3 atom stereocenters. The van der Waals surface area contributed by atoms with E-state index in [4.69, 9.17) is 28.4 Å². The fourth-order valence-electron chi connectivity index (χ4n) is 4.65. The van der Waals surface area contributed by atoms with Gasteiger partial charge in [-0.05, 0) is 103 Å². The Hall–Kier alpha value is -3.48. The van der Waals surface area contributed by atoms with Crippen LogP contribution < -0.4 is 18.9 Å². The number of fused-ring (bicyclic) bond motifs is 2. The van der Waals surface area contributed by atoms with E-state index in [9.17, 15) is 0 Å². The van der Waals surface area contributed by atoms with Crippen LogP contribution in [0, 0.1) is 0 Å². The molecule has 0 radical (unpaired) electrons. The number of unbranched alkanes of at least 4 members (excludes halogenated alkanes) is 2. The summed E-state index contributed by atoms with van der Waals surface area (Å²) in [4.78, 5) is 0. The average molecular weight is 529 g/mol. The summed E-state index contributed by atoms with van der Waals surface area (Å²) >= 11 is 0. The average Bonchev–Trinajstić information content (AvgIpc) is 3.88. The molecule has 2 saturated heterocycles. The van der Waals surface area contributed by atoms with Crippen LogP contribution in [0.3, 0.4) is 0 Å². The summed E-state index contributed by atoms with van der Waals surface area (Å²) in [5, 5.41) is 4.60. The Balaban J connectivity index is 0.911. The fourth-order valence-corrected chi connectivity index (χ4v) is 4.65. The van der Waals surface area contributed by atoms with Crippen LogP contribution in [0.25, 0.3) is 21.5 Å². The Labute approximate surface area is 229 Å². The van der Waals surface area contributed by atoms with E-state index >= 15 is 0 Å². The lowest BCUT2D eigenvalue weighted by Gasteiger charge is -2.15. The number of hydrogen-bond acceptors (Lipinski definition) is 6. The van der Waals surface area contributed by atoms with Crippen molar-refractivity contribution in [2.75, 3.05) is 33.0 Å². The quantitative estimate of drug-likeness (QED) is 0.123. The second-order valence-corrected chi connectivity index (χ2v) is 10.5. The normalized spacial score (nSPS) is 18.6. The van der Waals surface area contributed by atoms with Crippen LogP contribution >= 0.6 is 0 Å². The minimum Gasteiger partial charge on any atom is -0.494 e. The van der Waals surface area contributed by atoms with E-state index in [-0.39, 0.29) is 18.3 Å². The number of epoxide rings is 2. The van der Waals surface area contributed by atoms with Gasteiger partial charge in [0.1, 0.15) is 48.4 Å². The predicted molar refractivity (Wildman–Crippen MR) is 152 cm³/mol. The van der Waals surface area contributed by atoms with Gasteiger partial charge in [0, 0.05) is 0 Å². The lowest BCUT2D eigenvalue weighted by molar-refractivity contribution is 0.205. The van der Waals surface area contributed by atoms with Gasteiger partial charge in [0.2, 0.25) is 0 Å². The van der Waals surface area contributed by atoms with Crippen molar-refractivity contribution >= 4 is 21.5 Å². The fraction of sp³-hybridized carbons (Fsp3) is 0.394. The lowest BCUT2D eigenvalue weighted by atomic mass is 10.1. The molecule has 0 bridgehead atoms. The molecule has 0 aliphatic carbocycles. The zero-order chi connectivity index (χ0) is 26.4. The largest absolute Gasteiger partial charge is 0.494 e. The van der Waals surface area contributed by atoms with Crippen LogP contribution in [0.1, 0.15) is 32.6 Å². The maximum absolute atomic E-state index is 6.22. The first-order valence-corrected chi connectivity index (χ1v) is 14.0. The van der Waals surface area contributed by atoms with Gasteiger partial charge in [-0.2, -0.15) is 0 Å². The minimum atomic E-state index is 0.151. The smallest absolute Gasteiger partial charge is 0.120 e. The predicted octanol–water partition coefficient (Wildman–Crippen LogP) is 6.95. The third-order valence-corrected chi connectivity index (χ3v) is 7.10. The van der Waals surface area contributed by atoms with E-state index in [2.05, 4.69) is 55.5 Å². The molecule has 3 unspecified atom stereocenters. The van der Waals surface area contributed by atoms with Gasteiger partial charge in [-0.1, -0.05) is 24.3 Å². The molecule has 2 fully saturated rings. The summed E-state index contributed by atoms with van der Waals surface area (Å²) < 4.78 is 34.4. The van der Waals surface area contributed by atoms with E-state index in [1.165, 1.54) is 10.8 Å². The Morgan fingerprint density at radius 2 is 1.10 bits per heavy atom. The van der Waals surface area contributed by atoms with Gasteiger partial charge in [0.05, 0.1) is 25.9 Å². The van der Waals surface area contributed by atoms with E-state index in [1.807, 2.05) is 24.3 Å². The number of benzene rings is 4. The van der Waals surface area contributed by atoms with Crippen molar-refractivity contribution in [3.8, 4) is 23.0 Å². The van der Waals surface area contributed by atoms with Gasteiger partial charge in [-0.15, -0.1) is 0 Å². The van der Waals surface area contributed by atoms with E-state index in [1.54, 1.807) is 0 Å². The number of hydrogen-bond donors (Lipinski definition) is 0. The van der Waals surface area contributed by atoms with Crippen molar-refractivity contribution in [2.45, 2.75) is 50.9 Å². The molecule has 6 heteroatoms. The summed E-state index contributed by atoms with van der Waals surface area (Å²) in [6.07, 6.45) is 4.88. The number of ether oxygens (including phenoxy) is 6. The van der Waals surface area contributed by atoms with Crippen molar-refractivity contribution < 1.29 is 28.4 Å². The SMILES string of the molecule is CC(CCCCCOc1ccc2ccc(OCC3CO3)cc2c1)Oc1ccc2ccc(OCC3CO3)cc2c1. The summed E-state index contributed by atoms with van der Waals surface area (Å²) in [6, 6.07) is 24.8. The summed E-state index contributed by atoms with van der Waals surface area (Å²) in [5.74, 6) is 3.53. The van der Waals surface area contributed by atoms with E-state index in [0.717, 1.165) is 72.7 Å². The summed E-state index contributed by atoms with van der Waals surface area (Å²) in [7, 11) is 0. The maximum Gasteiger partial charge on any atom is 0.120 e. The molecule has 0 saturated carbocycles. The van der Waals surface area contributed by atoms with Gasteiger partial charge in [-0.25, -0.2) is 0 Å². The van der Waals surface area contributed by atoms with Crippen LogP contribution in [0.15, 0.2) is 72.8 Å². The molecule has 2 aliphatic rings. The highest BCUT2D eigenvalue weighted by molar-refractivity contribution is 5.86. The highest BCUT2D eigenvalue weighted by Crippen LogP contribution is 2.28. The molecule has 39 heavy (non-hydrogen) atoms. The van der Waals surface area contributed by atoms with Gasteiger partial charge in [0.25, 0.3) is 0 Å². The molecule has 2 aliphatic heterocycles. The molecule has 0 aromatic heterocycles. The van der Waals surface area contributed by atoms with Gasteiger partial charge < -0.3 is 28.4 Å². The monoisotopic (exact) mass is 528 g/mol. The van der Waals surface area contributed by atoms with Crippen molar-refractivity contribution in [2.24, 2.45) is 0 Å². The molecule has 2 heterocycles. The van der Waals surface area contributed by atoms with Crippen LogP contribution in [0.4, 0.5) is 0 Å². The first kappa shape index (κ1) is 25.8. The van der Waals surface area contributed by atoms with Crippen molar-refractivity contribution in [1.29, 1.82) is 0 Å². The standard InChI is InChI=1S/C33H36O6/c1-23(39-31-13-9-25-8-12-30(17-27(25)18-31)36-20-33-22-38-33)5-3-2-4-14-34-28-10-6-24-7-11-29(16-26(24)15-28)35-19-32-21-37-32/h6-13,15-18,23,32-33H,2-5,14,19-22H2,1H3. The Kier molecular flexibility index (Phi) is 8.03. The molecule has 6 nitrogen and oxygen atoms in total. The molecule has 0 N–H and O–H groups in total. The first-order valence-electron chi connectivity index (χ1n) is 14.0. The second kappa shape index (κ2) is 12.1. The topological polar surface area (TPSA) is 62.0 Å². The highest BCUT2D eigenvalue weighted by atomic mass is 16.6. The molecule has 0 amide bonds. The third kappa shape index (κ3) is 7.55. The Morgan fingerprint density at radius 1 is 0.615 bits per heavy atom. The molecule has 204 valence electrons. The van der Waals surface area contributed by atoms with Gasteiger partial charge in [-0.3, -0.25) is 0 Å². The zero-order valence-corrected chi connectivity index (χ0v) is 22.5. The summed E-state index contributed by atoms with van der Waals surface area (Å²) in [6.45, 7) is 5.67. The lowest BCUT2D eigenvalue weighted by Crippen LogP contribution is -2.11. The highest BCUT2D eigenvalue weighted by Gasteiger charge is 2.23. The van der Waals surface area contributed by atoms with E-state index in [0.29, 0.717) is 19.8 Å². The van der Waals surface area contributed by atoms with Crippen LogP contribution in [0.2, 0.25) is 0 Å². The van der Waals surface area contributed by atoms with Gasteiger partial charge >= 0.3 is 0 Å². The summed E-state index contributed by atoms with van der Waals surface area (Å²) in [5.41, 5.74) is 0. The van der Waals surface area contributed by atoms with Crippen molar-refractivity contribution in [3.05, 3.63) is 72.8 Å². The van der Waals surface area contributed by atoms with Crippen LogP contribution in [-0.4, -0.2) is 51.3 Å². The molecule has 4 aromatic rings. The maximum atomic E-state index is 6.22. The van der Waals surface area contributed by atoms with Crippen LogP contribution in [-0.2, 0) is 9.47 Å². The molecular weight excluding hydrogens is 492 g/mol. The van der Waals surface area contributed by atoms with E-state index < -0.39 is 0 Å². The third-order valence-electron chi connectivity index (χ3n) is 7.10.